The Kier molecular flexibility index (Phi) is 4.84. The third kappa shape index (κ3) is 3.35. The second-order valence-electron chi connectivity index (χ2n) is 5.86. The van der Waals surface area contributed by atoms with E-state index in [0.717, 1.165) is 0 Å². The summed E-state index contributed by atoms with van der Waals surface area (Å²) in [5, 5.41) is 9.42. The topological polar surface area (TPSA) is 100 Å². The molecule has 0 aliphatic heterocycles. The molecule has 136 valence electrons. The first-order chi connectivity index (χ1) is 12.9. The molecule has 1 N–H and O–H groups in total. The molecule has 0 saturated carbocycles. The summed E-state index contributed by atoms with van der Waals surface area (Å²) in [6.45, 7) is 1.67. The van der Waals surface area contributed by atoms with Gasteiger partial charge in [0.15, 0.2) is 0 Å². The fraction of sp³-hybridized carbons (Fsp3) is 0.100. The summed E-state index contributed by atoms with van der Waals surface area (Å²) in [4.78, 5) is 14.8. The number of sulfone groups is 1. The summed E-state index contributed by atoms with van der Waals surface area (Å²) in [5.74, 6) is 0.355. The van der Waals surface area contributed by atoms with E-state index in [1.165, 1.54) is 25.3 Å². The first kappa shape index (κ1) is 18.4. The highest BCUT2D eigenvalue weighted by molar-refractivity contribution is 7.91. The molecule has 1 heterocycles. The van der Waals surface area contributed by atoms with Crippen LogP contribution in [0, 0.1) is 18.3 Å². The zero-order valence-electron chi connectivity index (χ0n) is 14.7. The third-order valence-corrected chi connectivity index (χ3v) is 5.91. The first-order valence-corrected chi connectivity index (χ1v) is 9.49. The molecule has 0 atom stereocenters. The summed E-state index contributed by atoms with van der Waals surface area (Å²) in [7, 11) is -2.47. The monoisotopic (exact) mass is 380 g/mol. The Morgan fingerprint density at radius 3 is 2.37 bits per heavy atom. The molecule has 0 aliphatic carbocycles. The van der Waals surface area contributed by atoms with Crippen LogP contribution in [-0.4, -0.2) is 20.5 Å². The highest BCUT2D eigenvalue weighted by Gasteiger charge is 2.25. The number of hydrogen-bond donors (Lipinski definition) is 1. The Bertz CT molecular complexity index is 1210. The molecular formula is C20H16N2O4S. The molecule has 0 amide bonds. The molecule has 7 heteroatoms. The van der Waals surface area contributed by atoms with Crippen molar-refractivity contribution in [2.24, 2.45) is 0 Å². The number of pyridine rings is 1. The number of aryl methyl sites for hydroxylation is 1. The summed E-state index contributed by atoms with van der Waals surface area (Å²) in [6, 6.07) is 16.0. The lowest BCUT2D eigenvalue weighted by molar-refractivity contribution is 0.413. The molecule has 6 nitrogen and oxygen atoms in total. The predicted molar refractivity (Wildman–Crippen MR) is 100 cm³/mol. The van der Waals surface area contributed by atoms with Crippen molar-refractivity contribution in [1.29, 1.82) is 5.26 Å². The van der Waals surface area contributed by atoms with E-state index in [9.17, 15) is 18.5 Å². The van der Waals surface area contributed by atoms with Crippen molar-refractivity contribution in [1.82, 2.24) is 4.98 Å². The van der Waals surface area contributed by atoms with E-state index in [4.69, 9.17) is 4.74 Å². The molecule has 27 heavy (non-hydrogen) atoms. The van der Waals surface area contributed by atoms with Crippen LogP contribution in [0.1, 0.15) is 11.3 Å². The highest BCUT2D eigenvalue weighted by atomic mass is 32.2. The van der Waals surface area contributed by atoms with Gasteiger partial charge in [-0.05, 0) is 43.3 Å². The summed E-state index contributed by atoms with van der Waals surface area (Å²) in [6.07, 6.45) is 0. The number of nitrogens with one attached hydrogen (secondary N) is 1. The van der Waals surface area contributed by atoms with Crippen molar-refractivity contribution in [3.8, 4) is 22.9 Å². The maximum Gasteiger partial charge on any atom is 0.266 e. The Balaban J connectivity index is 2.39. The largest absolute Gasteiger partial charge is 0.497 e. The average molecular weight is 380 g/mol. The van der Waals surface area contributed by atoms with Crippen LogP contribution in [0.2, 0.25) is 0 Å². The van der Waals surface area contributed by atoms with Gasteiger partial charge in [-0.2, -0.15) is 5.26 Å². The first-order valence-electron chi connectivity index (χ1n) is 8.01. The van der Waals surface area contributed by atoms with E-state index in [1.807, 2.05) is 6.07 Å². The van der Waals surface area contributed by atoms with E-state index in [1.54, 1.807) is 43.3 Å². The molecule has 0 fully saturated rings. The van der Waals surface area contributed by atoms with Crippen LogP contribution in [0.15, 0.2) is 69.2 Å². The normalized spacial score (nSPS) is 11.0. The van der Waals surface area contributed by atoms with Gasteiger partial charge >= 0.3 is 0 Å². The van der Waals surface area contributed by atoms with Gasteiger partial charge in [-0.25, -0.2) is 8.42 Å². The van der Waals surface area contributed by atoms with Crippen LogP contribution in [-0.2, 0) is 9.84 Å². The standard InChI is InChI=1S/C20H16N2O4S/c1-13-10-17(18(12-21)20(23)22-13)16-9-8-14(26-2)11-19(16)27(24,25)15-6-4-3-5-7-15/h3-11H,1-2H3,(H,22,23). The van der Waals surface area contributed by atoms with E-state index in [-0.39, 0.29) is 26.5 Å². The maximum absolute atomic E-state index is 13.2. The van der Waals surface area contributed by atoms with E-state index in [2.05, 4.69) is 4.98 Å². The maximum atomic E-state index is 13.2. The van der Waals surface area contributed by atoms with Gasteiger partial charge in [0.2, 0.25) is 9.84 Å². The molecular weight excluding hydrogens is 364 g/mol. The lowest BCUT2D eigenvalue weighted by atomic mass is 10.0. The second kappa shape index (κ2) is 7.09. The number of aromatic amines is 1. The molecule has 3 aromatic rings. The molecule has 0 bridgehead atoms. The molecule has 1 aromatic heterocycles. The van der Waals surface area contributed by atoms with E-state index in [0.29, 0.717) is 11.4 Å². The Labute approximate surface area is 156 Å². The quantitative estimate of drug-likeness (QED) is 0.750. The number of rotatable bonds is 4. The SMILES string of the molecule is COc1ccc(-c2cc(C)[nH]c(=O)c2C#N)c(S(=O)(=O)c2ccccc2)c1. The number of ether oxygens (including phenoxy) is 1. The van der Waals surface area contributed by atoms with Crippen LogP contribution in [0.25, 0.3) is 11.1 Å². The van der Waals surface area contributed by atoms with Gasteiger partial charge in [-0.1, -0.05) is 18.2 Å². The van der Waals surface area contributed by atoms with Crippen LogP contribution >= 0.6 is 0 Å². The smallest absolute Gasteiger partial charge is 0.266 e. The van der Waals surface area contributed by atoms with E-state index >= 15 is 0 Å². The number of H-pyrrole nitrogens is 1. The van der Waals surface area contributed by atoms with Crippen molar-refractivity contribution in [3.63, 3.8) is 0 Å². The minimum absolute atomic E-state index is 0.0328. The highest BCUT2D eigenvalue weighted by Crippen LogP contribution is 2.35. The van der Waals surface area contributed by atoms with Gasteiger partial charge in [-0.3, -0.25) is 4.79 Å². The van der Waals surface area contributed by atoms with Gasteiger partial charge in [0.1, 0.15) is 17.4 Å². The zero-order chi connectivity index (χ0) is 19.6. The summed E-state index contributed by atoms with van der Waals surface area (Å²) < 4.78 is 31.7. The number of nitrogens with zero attached hydrogens (tertiary/aromatic N) is 1. The van der Waals surface area contributed by atoms with Crippen molar-refractivity contribution < 1.29 is 13.2 Å². The lowest BCUT2D eigenvalue weighted by Gasteiger charge is -2.14. The Morgan fingerprint density at radius 1 is 1.04 bits per heavy atom. The van der Waals surface area contributed by atoms with Crippen molar-refractivity contribution in [2.45, 2.75) is 16.7 Å². The van der Waals surface area contributed by atoms with Crippen molar-refractivity contribution in [2.75, 3.05) is 7.11 Å². The van der Waals surface area contributed by atoms with Gasteiger partial charge in [-0.15, -0.1) is 0 Å². The molecule has 3 rings (SSSR count). The van der Waals surface area contributed by atoms with Crippen LogP contribution < -0.4 is 10.3 Å². The number of hydrogen-bond acceptors (Lipinski definition) is 5. The van der Waals surface area contributed by atoms with Crippen molar-refractivity contribution in [3.05, 3.63) is 76.2 Å². The fourth-order valence-corrected chi connectivity index (χ4v) is 4.32. The zero-order valence-corrected chi connectivity index (χ0v) is 15.5. The van der Waals surface area contributed by atoms with Gasteiger partial charge in [0, 0.05) is 16.8 Å². The molecule has 0 saturated heterocycles. The average Bonchev–Trinajstić information content (AvgIpc) is 2.67. The Hall–Kier alpha value is -3.37. The number of benzene rings is 2. The van der Waals surface area contributed by atoms with Crippen LogP contribution in [0.4, 0.5) is 0 Å². The fourth-order valence-electron chi connectivity index (χ4n) is 2.81. The molecule has 0 aliphatic rings. The van der Waals surface area contributed by atoms with Gasteiger partial charge in [0.25, 0.3) is 5.56 Å². The minimum Gasteiger partial charge on any atom is -0.497 e. The second-order valence-corrected chi connectivity index (χ2v) is 7.78. The number of methoxy groups -OCH3 is 1. The predicted octanol–water partition coefficient (Wildman–Crippen LogP) is 3.06. The minimum atomic E-state index is -3.90. The van der Waals surface area contributed by atoms with Crippen LogP contribution in [0.3, 0.4) is 0 Å². The van der Waals surface area contributed by atoms with Crippen molar-refractivity contribution >= 4 is 9.84 Å². The van der Waals surface area contributed by atoms with E-state index < -0.39 is 15.4 Å². The molecule has 2 aromatic carbocycles. The molecule has 0 spiro atoms. The van der Waals surface area contributed by atoms with Gasteiger partial charge < -0.3 is 9.72 Å². The van der Waals surface area contributed by atoms with Crippen LogP contribution in [0.5, 0.6) is 5.75 Å². The van der Waals surface area contributed by atoms with Gasteiger partial charge in [0.05, 0.1) is 16.9 Å². The lowest BCUT2D eigenvalue weighted by Crippen LogP contribution is -2.14. The third-order valence-electron chi connectivity index (χ3n) is 4.10. The number of aromatic nitrogens is 1. The number of nitriles is 1. The summed E-state index contributed by atoms with van der Waals surface area (Å²) >= 11 is 0. The summed E-state index contributed by atoms with van der Waals surface area (Å²) in [5.41, 5.74) is 0.343. The Morgan fingerprint density at radius 2 is 1.74 bits per heavy atom. The molecule has 0 radical (unpaired) electrons. The molecule has 0 unspecified atom stereocenters.